The van der Waals surface area contributed by atoms with Crippen molar-refractivity contribution in [3.05, 3.63) is 168 Å². The van der Waals surface area contributed by atoms with Crippen molar-refractivity contribution in [1.29, 1.82) is 0 Å². The van der Waals surface area contributed by atoms with E-state index in [2.05, 4.69) is 108 Å². The summed E-state index contributed by atoms with van der Waals surface area (Å²) < 4.78 is 18.1. The zero-order valence-electron chi connectivity index (χ0n) is 21.7. The second-order valence-electron chi connectivity index (χ2n) is 10.8. The van der Waals surface area contributed by atoms with Gasteiger partial charge in [-0.25, -0.2) is 0 Å². The van der Waals surface area contributed by atoms with Crippen molar-refractivity contribution in [1.82, 2.24) is 4.57 Å². The van der Waals surface area contributed by atoms with E-state index in [0.29, 0.717) is 0 Å². The van der Waals surface area contributed by atoms with E-state index in [9.17, 15) is 0 Å². The molecule has 2 aliphatic heterocycles. The Labute approximate surface area is 232 Å². The minimum atomic E-state index is -3.15. The van der Waals surface area contributed by atoms with Crippen molar-refractivity contribution in [2.24, 2.45) is 0 Å². The molecule has 0 N–H and O–H groups in total. The van der Waals surface area contributed by atoms with Crippen LogP contribution in [0, 0.1) is 0 Å². The Hall–Kier alpha value is -4.65. The lowest BCUT2D eigenvalue weighted by Gasteiger charge is -2.47. The lowest BCUT2D eigenvalue weighted by molar-refractivity contribution is 0.590. The van der Waals surface area contributed by atoms with Gasteiger partial charge < -0.3 is 9.13 Å². The third kappa shape index (κ3) is 2.45. The average Bonchev–Trinajstić information content (AvgIpc) is 3.37. The SMILES string of the molecule is O=P1(c2ccccc2)c2ccccc2C2(c3ccccc3-n3c4ccccc4c4cccc2c43)c2ccccc21. The van der Waals surface area contributed by atoms with Gasteiger partial charge in [-0.2, -0.15) is 0 Å². The van der Waals surface area contributed by atoms with Gasteiger partial charge in [-0.05, 0) is 34.4 Å². The summed E-state index contributed by atoms with van der Waals surface area (Å²) in [5.41, 5.74) is 7.66. The molecule has 7 aromatic rings. The third-order valence-electron chi connectivity index (χ3n) is 9.06. The second kappa shape index (κ2) is 7.72. The largest absolute Gasteiger partial charge is 0.309 e. The van der Waals surface area contributed by atoms with Crippen LogP contribution in [0.3, 0.4) is 0 Å². The van der Waals surface area contributed by atoms with E-state index in [1.165, 1.54) is 38.6 Å². The summed E-state index contributed by atoms with van der Waals surface area (Å²) in [5, 5.41) is 5.22. The maximum Gasteiger partial charge on any atom is 0.171 e. The fraction of sp³-hybridized carbons (Fsp3) is 0.0270. The van der Waals surface area contributed by atoms with Crippen LogP contribution < -0.4 is 15.9 Å². The van der Waals surface area contributed by atoms with E-state index >= 15 is 4.57 Å². The molecule has 3 heterocycles. The summed E-state index contributed by atoms with van der Waals surface area (Å²) in [5.74, 6) is 0. The van der Waals surface area contributed by atoms with Crippen LogP contribution in [0.5, 0.6) is 0 Å². The Morgan fingerprint density at radius 3 is 1.77 bits per heavy atom. The van der Waals surface area contributed by atoms with Crippen molar-refractivity contribution in [2.75, 3.05) is 0 Å². The van der Waals surface area contributed by atoms with E-state index in [1.54, 1.807) is 0 Å². The molecular formula is C37H24NOP. The molecule has 0 atom stereocenters. The van der Waals surface area contributed by atoms with Crippen molar-refractivity contribution in [3.63, 3.8) is 0 Å². The lowest BCUT2D eigenvalue weighted by Crippen LogP contribution is -2.48. The van der Waals surface area contributed by atoms with Crippen LogP contribution in [-0.2, 0) is 9.98 Å². The van der Waals surface area contributed by atoms with E-state index in [4.69, 9.17) is 0 Å². The maximum absolute atomic E-state index is 15.6. The highest BCUT2D eigenvalue weighted by molar-refractivity contribution is 7.85. The van der Waals surface area contributed by atoms with Crippen LogP contribution in [0.4, 0.5) is 0 Å². The summed E-state index contributed by atoms with van der Waals surface area (Å²) in [6, 6.07) is 51.2. The first-order valence-electron chi connectivity index (χ1n) is 13.7. The molecule has 2 aliphatic rings. The topological polar surface area (TPSA) is 22.0 Å². The fourth-order valence-corrected chi connectivity index (χ4v) is 10.8. The lowest BCUT2D eigenvalue weighted by atomic mass is 9.63. The molecule has 40 heavy (non-hydrogen) atoms. The van der Waals surface area contributed by atoms with Crippen LogP contribution in [0.15, 0.2) is 146 Å². The molecule has 9 rings (SSSR count). The summed E-state index contributed by atoms with van der Waals surface area (Å²) >= 11 is 0. The molecule has 0 radical (unpaired) electrons. The van der Waals surface area contributed by atoms with Gasteiger partial charge in [-0.3, -0.25) is 0 Å². The predicted octanol–water partition coefficient (Wildman–Crippen LogP) is 7.43. The number of hydrogen-bond acceptors (Lipinski definition) is 1. The van der Waals surface area contributed by atoms with Crippen LogP contribution in [0.2, 0.25) is 0 Å². The first-order valence-corrected chi connectivity index (χ1v) is 15.4. The molecule has 3 heteroatoms. The Bertz CT molecular complexity index is 2160. The van der Waals surface area contributed by atoms with Crippen molar-refractivity contribution >= 4 is 44.9 Å². The Morgan fingerprint density at radius 2 is 1.02 bits per heavy atom. The molecule has 1 spiro atoms. The standard InChI is InChI=1S/C37H24NOP/c39-40(25-13-2-1-3-14-25)34-23-10-6-18-29(34)37(30-19-7-11-24-35(30)40)28-17-5-9-22-33(28)38-32-21-8-4-15-26(32)27-16-12-20-31(37)36(27)38/h1-24H. The maximum atomic E-state index is 15.6. The molecule has 0 bridgehead atoms. The van der Waals surface area contributed by atoms with Gasteiger partial charge in [0.15, 0.2) is 7.14 Å². The first-order chi connectivity index (χ1) is 19.8. The van der Waals surface area contributed by atoms with E-state index in [-0.39, 0.29) is 0 Å². The van der Waals surface area contributed by atoms with Gasteiger partial charge in [0, 0.05) is 26.7 Å². The molecule has 6 aromatic carbocycles. The predicted molar refractivity (Wildman–Crippen MR) is 166 cm³/mol. The second-order valence-corrected chi connectivity index (χ2v) is 13.5. The molecule has 0 unspecified atom stereocenters. The van der Waals surface area contributed by atoms with E-state index in [1.807, 2.05) is 42.5 Å². The number of hydrogen-bond donors (Lipinski definition) is 0. The van der Waals surface area contributed by atoms with Gasteiger partial charge in [0.05, 0.1) is 22.1 Å². The quantitative estimate of drug-likeness (QED) is 0.203. The first kappa shape index (κ1) is 22.2. The van der Waals surface area contributed by atoms with Gasteiger partial charge in [0.25, 0.3) is 0 Å². The van der Waals surface area contributed by atoms with Crippen molar-refractivity contribution in [2.45, 2.75) is 5.41 Å². The normalized spacial score (nSPS) is 20.3. The highest BCUT2D eigenvalue weighted by Gasteiger charge is 2.54. The van der Waals surface area contributed by atoms with Gasteiger partial charge in [-0.15, -0.1) is 0 Å². The van der Waals surface area contributed by atoms with Crippen molar-refractivity contribution < 1.29 is 4.57 Å². The van der Waals surface area contributed by atoms with Crippen LogP contribution in [-0.4, -0.2) is 4.57 Å². The van der Waals surface area contributed by atoms with Gasteiger partial charge in [0.1, 0.15) is 0 Å². The monoisotopic (exact) mass is 529 g/mol. The molecule has 0 saturated carbocycles. The molecule has 1 aromatic heterocycles. The molecular weight excluding hydrogens is 505 g/mol. The number of aromatic nitrogens is 1. The van der Waals surface area contributed by atoms with E-state index in [0.717, 1.165) is 27.0 Å². The Kier molecular flexibility index (Phi) is 4.28. The highest BCUT2D eigenvalue weighted by Crippen LogP contribution is 2.60. The summed E-state index contributed by atoms with van der Waals surface area (Å²) in [6.07, 6.45) is 0. The molecule has 0 amide bonds. The summed E-state index contributed by atoms with van der Waals surface area (Å²) in [4.78, 5) is 0. The fourth-order valence-electron chi connectivity index (χ4n) is 7.60. The average molecular weight is 530 g/mol. The molecule has 0 fully saturated rings. The summed E-state index contributed by atoms with van der Waals surface area (Å²) in [6.45, 7) is 0. The van der Waals surface area contributed by atoms with E-state index < -0.39 is 12.6 Å². The van der Waals surface area contributed by atoms with Crippen LogP contribution in [0.1, 0.15) is 22.3 Å². The van der Waals surface area contributed by atoms with Gasteiger partial charge >= 0.3 is 0 Å². The zero-order valence-corrected chi connectivity index (χ0v) is 22.6. The molecule has 0 aliphatic carbocycles. The van der Waals surface area contributed by atoms with Gasteiger partial charge in [0.2, 0.25) is 0 Å². The summed E-state index contributed by atoms with van der Waals surface area (Å²) in [7, 11) is -3.15. The number of rotatable bonds is 1. The van der Waals surface area contributed by atoms with Gasteiger partial charge in [-0.1, -0.05) is 133 Å². The Morgan fingerprint density at radius 1 is 0.475 bits per heavy atom. The number of fused-ring (bicyclic) bond motifs is 11. The van der Waals surface area contributed by atoms with Crippen LogP contribution in [0.25, 0.3) is 27.5 Å². The highest BCUT2D eigenvalue weighted by atomic mass is 31.2. The molecule has 188 valence electrons. The van der Waals surface area contributed by atoms with Crippen molar-refractivity contribution in [3.8, 4) is 5.69 Å². The Balaban J connectivity index is 1.55. The molecule has 0 saturated heterocycles. The smallest absolute Gasteiger partial charge is 0.171 e. The van der Waals surface area contributed by atoms with Crippen LogP contribution >= 0.6 is 7.14 Å². The number of para-hydroxylation sites is 3. The number of nitrogens with zero attached hydrogens (tertiary/aromatic N) is 1. The minimum absolute atomic E-state index is 0.615. The minimum Gasteiger partial charge on any atom is -0.309 e. The third-order valence-corrected chi connectivity index (χ3v) is 12.2. The number of benzene rings is 6. The zero-order chi connectivity index (χ0) is 26.5. The molecule has 2 nitrogen and oxygen atoms in total.